The maximum Gasteiger partial charge on any atom is 0.305 e. The average Bonchev–Trinajstić information content (AvgIpc) is 3.19. The Labute approximate surface area is 167 Å². The normalized spacial score (nSPS) is 14.9. The van der Waals surface area contributed by atoms with Gasteiger partial charge in [0, 0.05) is 11.3 Å². The summed E-state index contributed by atoms with van der Waals surface area (Å²) >= 11 is 1.30. The quantitative estimate of drug-likeness (QED) is 0.650. The lowest BCUT2D eigenvalue weighted by atomic mass is 10.2. The monoisotopic (exact) mass is 404 g/mol. The summed E-state index contributed by atoms with van der Waals surface area (Å²) in [7, 11) is 0. The maximum atomic E-state index is 11.5. The van der Waals surface area contributed by atoms with Crippen molar-refractivity contribution in [2.24, 2.45) is 0 Å². The molecule has 3 N–H and O–H groups in total. The lowest BCUT2D eigenvalue weighted by Gasteiger charge is -2.22. The van der Waals surface area contributed by atoms with Crippen LogP contribution in [0.1, 0.15) is 38.4 Å². The van der Waals surface area contributed by atoms with E-state index in [0.29, 0.717) is 13.0 Å². The molecule has 0 bridgehead atoms. The Bertz CT molecular complexity index is 792. The lowest BCUT2D eigenvalue weighted by molar-refractivity contribution is -0.138. The SMILES string of the molecule is CCCCC(=O)NCc1ccco1.O=C(O)CC1Sc2ccccc2NC1=O. The summed E-state index contributed by atoms with van der Waals surface area (Å²) in [6, 6.07) is 11.0. The Hall–Kier alpha value is -2.74. The Balaban J connectivity index is 0.000000203. The summed E-state index contributed by atoms with van der Waals surface area (Å²) in [6.45, 7) is 2.56. The van der Waals surface area contributed by atoms with Crippen LogP contribution in [0.5, 0.6) is 0 Å². The number of amides is 2. The van der Waals surface area contributed by atoms with E-state index in [9.17, 15) is 14.4 Å². The largest absolute Gasteiger partial charge is 0.481 e. The molecule has 8 heteroatoms. The summed E-state index contributed by atoms with van der Waals surface area (Å²) in [4.78, 5) is 34.1. The molecule has 0 aliphatic carbocycles. The van der Waals surface area contributed by atoms with Crippen LogP contribution in [0.3, 0.4) is 0 Å². The van der Waals surface area contributed by atoms with Gasteiger partial charge in [0.25, 0.3) is 0 Å². The van der Waals surface area contributed by atoms with E-state index in [1.165, 1.54) is 11.8 Å². The molecule has 0 fully saturated rings. The van der Waals surface area contributed by atoms with Gasteiger partial charge in [0.05, 0.1) is 30.2 Å². The van der Waals surface area contributed by atoms with Crippen LogP contribution >= 0.6 is 11.8 Å². The molecule has 0 radical (unpaired) electrons. The topological polar surface area (TPSA) is 109 Å². The van der Waals surface area contributed by atoms with E-state index in [4.69, 9.17) is 9.52 Å². The molecule has 0 saturated carbocycles. The number of aliphatic carboxylic acids is 1. The zero-order valence-electron chi connectivity index (χ0n) is 15.6. The van der Waals surface area contributed by atoms with Gasteiger partial charge in [-0.3, -0.25) is 14.4 Å². The van der Waals surface area contributed by atoms with Crippen LogP contribution in [0.15, 0.2) is 52.0 Å². The molecule has 2 amide bonds. The van der Waals surface area contributed by atoms with Crippen LogP contribution < -0.4 is 10.6 Å². The average molecular weight is 404 g/mol. The molecule has 2 aromatic rings. The van der Waals surface area contributed by atoms with Crippen molar-refractivity contribution in [3.8, 4) is 0 Å². The van der Waals surface area contributed by atoms with Gasteiger partial charge in [-0.25, -0.2) is 0 Å². The summed E-state index contributed by atoms with van der Waals surface area (Å²) in [5.74, 6) is -0.300. The number of hydrogen-bond donors (Lipinski definition) is 3. The van der Waals surface area contributed by atoms with Crippen molar-refractivity contribution in [3.05, 3.63) is 48.4 Å². The van der Waals surface area contributed by atoms with Crippen LogP contribution in [0.4, 0.5) is 5.69 Å². The van der Waals surface area contributed by atoms with E-state index in [-0.39, 0.29) is 18.2 Å². The fourth-order valence-corrected chi connectivity index (χ4v) is 3.51. The van der Waals surface area contributed by atoms with Gasteiger partial charge in [0.15, 0.2) is 0 Å². The highest BCUT2D eigenvalue weighted by Crippen LogP contribution is 2.36. The second kappa shape index (κ2) is 11.2. The summed E-state index contributed by atoms with van der Waals surface area (Å²) in [6.07, 6.45) is 4.06. The van der Waals surface area contributed by atoms with Gasteiger partial charge in [0.1, 0.15) is 5.76 Å². The molecule has 150 valence electrons. The van der Waals surface area contributed by atoms with E-state index in [2.05, 4.69) is 17.6 Å². The number of carboxylic acid groups (broad SMARTS) is 1. The van der Waals surface area contributed by atoms with Gasteiger partial charge in [-0.05, 0) is 30.7 Å². The predicted octanol–water partition coefficient (Wildman–Crippen LogP) is 3.66. The molecule has 1 atom stereocenters. The second-order valence-electron chi connectivity index (χ2n) is 6.15. The number of nitrogens with one attached hydrogen (secondary N) is 2. The van der Waals surface area contributed by atoms with Gasteiger partial charge in [-0.15, -0.1) is 11.8 Å². The number of carboxylic acids is 1. The standard InChI is InChI=1S/C10H9NO3S.C10H15NO2/c12-9(13)5-8-10(14)11-6-3-1-2-4-7(6)15-8;1-2-3-6-10(12)11-8-9-5-4-7-13-9/h1-4,8H,5H2,(H,11,14)(H,12,13);4-5,7H,2-3,6,8H2,1H3,(H,11,12). The van der Waals surface area contributed by atoms with Crippen molar-refractivity contribution >= 4 is 35.2 Å². The minimum Gasteiger partial charge on any atom is -0.481 e. The number of furan rings is 1. The first-order valence-corrected chi connectivity index (χ1v) is 9.95. The highest BCUT2D eigenvalue weighted by atomic mass is 32.2. The first kappa shape index (κ1) is 21.6. The van der Waals surface area contributed by atoms with Gasteiger partial charge in [0.2, 0.25) is 11.8 Å². The lowest BCUT2D eigenvalue weighted by Crippen LogP contribution is -2.30. The second-order valence-corrected chi connectivity index (χ2v) is 7.39. The van der Waals surface area contributed by atoms with Crippen molar-refractivity contribution < 1.29 is 23.9 Å². The number of thioether (sulfide) groups is 1. The summed E-state index contributed by atoms with van der Waals surface area (Å²) < 4.78 is 5.07. The van der Waals surface area contributed by atoms with Crippen LogP contribution in [-0.2, 0) is 20.9 Å². The zero-order chi connectivity index (χ0) is 20.4. The number of carbonyl (C=O) groups excluding carboxylic acids is 2. The van der Waals surface area contributed by atoms with E-state index in [1.807, 2.05) is 30.3 Å². The van der Waals surface area contributed by atoms with Gasteiger partial charge in [-0.1, -0.05) is 25.5 Å². The molecule has 1 unspecified atom stereocenters. The van der Waals surface area contributed by atoms with Crippen molar-refractivity contribution in [2.75, 3.05) is 5.32 Å². The fourth-order valence-electron chi connectivity index (χ4n) is 2.41. The van der Waals surface area contributed by atoms with E-state index < -0.39 is 11.2 Å². The number of carbonyl (C=O) groups is 3. The molecular weight excluding hydrogens is 380 g/mol. The summed E-state index contributed by atoms with van der Waals surface area (Å²) in [5, 5.41) is 13.6. The first-order chi connectivity index (χ1) is 13.5. The molecule has 28 heavy (non-hydrogen) atoms. The molecule has 1 aliphatic heterocycles. The number of benzene rings is 1. The van der Waals surface area contributed by atoms with Crippen LogP contribution in [0.25, 0.3) is 0 Å². The molecule has 2 heterocycles. The van der Waals surface area contributed by atoms with Crippen molar-refractivity contribution in [3.63, 3.8) is 0 Å². The Morgan fingerprint density at radius 1 is 1.25 bits per heavy atom. The number of fused-ring (bicyclic) bond motifs is 1. The highest BCUT2D eigenvalue weighted by molar-refractivity contribution is 8.01. The fraction of sp³-hybridized carbons (Fsp3) is 0.350. The highest BCUT2D eigenvalue weighted by Gasteiger charge is 2.28. The molecule has 0 spiro atoms. The maximum absolute atomic E-state index is 11.5. The zero-order valence-corrected chi connectivity index (χ0v) is 16.5. The first-order valence-electron chi connectivity index (χ1n) is 9.07. The number of anilines is 1. The van der Waals surface area contributed by atoms with E-state index in [1.54, 1.807) is 12.3 Å². The van der Waals surface area contributed by atoms with Gasteiger partial charge < -0.3 is 20.2 Å². The smallest absolute Gasteiger partial charge is 0.305 e. The molecule has 1 aromatic carbocycles. The number of para-hydroxylation sites is 1. The molecule has 0 saturated heterocycles. The predicted molar refractivity (Wildman–Crippen MR) is 107 cm³/mol. The molecule has 1 aliphatic rings. The molecular formula is C20H24N2O5S. The number of rotatable bonds is 7. The van der Waals surface area contributed by atoms with Gasteiger partial charge in [-0.2, -0.15) is 0 Å². The Kier molecular flexibility index (Phi) is 8.61. The minimum absolute atomic E-state index is 0.0956. The van der Waals surface area contributed by atoms with Crippen LogP contribution in [-0.4, -0.2) is 28.1 Å². The number of unbranched alkanes of at least 4 members (excludes halogenated alkanes) is 1. The van der Waals surface area contributed by atoms with Crippen LogP contribution in [0, 0.1) is 0 Å². The third-order valence-corrected chi connectivity index (χ3v) is 5.14. The minimum atomic E-state index is -0.956. The number of hydrogen-bond acceptors (Lipinski definition) is 5. The van der Waals surface area contributed by atoms with Crippen LogP contribution in [0.2, 0.25) is 0 Å². The summed E-state index contributed by atoms with van der Waals surface area (Å²) in [5.41, 5.74) is 0.758. The Morgan fingerprint density at radius 2 is 2.04 bits per heavy atom. The third kappa shape index (κ3) is 7.11. The van der Waals surface area contributed by atoms with Crippen molar-refractivity contribution in [2.45, 2.75) is 49.3 Å². The van der Waals surface area contributed by atoms with Crippen molar-refractivity contribution in [1.29, 1.82) is 0 Å². The van der Waals surface area contributed by atoms with E-state index in [0.717, 1.165) is 29.2 Å². The third-order valence-electron chi connectivity index (χ3n) is 3.86. The molecule has 3 rings (SSSR count). The van der Waals surface area contributed by atoms with Gasteiger partial charge >= 0.3 is 5.97 Å². The molecule has 7 nitrogen and oxygen atoms in total. The Morgan fingerprint density at radius 3 is 2.71 bits per heavy atom. The van der Waals surface area contributed by atoms with E-state index >= 15 is 0 Å². The molecule has 1 aromatic heterocycles. The van der Waals surface area contributed by atoms with Crippen molar-refractivity contribution in [1.82, 2.24) is 5.32 Å².